The van der Waals surface area contributed by atoms with Crippen molar-refractivity contribution in [1.29, 1.82) is 0 Å². The molecule has 0 saturated heterocycles. The average Bonchev–Trinajstić information content (AvgIpc) is 2.90. The Hall–Kier alpha value is -2.42. The number of carbonyl (C=O) groups excluding carboxylic acids is 1. The van der Waals surface area contributed by atoms with Crippen molar-refractivity contribution in [2.45, 2.75) is 25.0 Å². The summed E-state index contributed by atoms with van der Waals surface area (Å²) in [5.74, 6) is 0.931. The van der Waals surface area contributed by atoms with E-state index in [1.54, 1.807) is 24.8 Å². The van der Waals surface area contributed by atoms with Crippen molar-refractivity contribution in [3.8, 4) is 0 Å². The van der Waals surface area contributed by atoms with Crippen molar-refractivity contribution in [3.63, 3.8) is 0 Å². The van der Waals surface area contributed by atoms with Crippen LogP contribution in [0.15, 0.2) is 23.4 Å². The van der Waals surface area contributed by atoms with Crippen LogP contribution in [0.5, 0.6) is 0 Å². The Balaban J connectivity index is 1.88. The molecule has 0 fully saturated rings. The Morgan fingerprint density at radius 2 is 2.27 bits per heavy atom. The fraction of sp³-hybridized carbons (Fsp3) is 0.308. The highest BCUT2D eigenvalue weighted by Gasteiger charge is 2.21. The van der Waals surface area contributed by atoms with Crippen molar-refractivity contribution >= 4 is 29.3 Å². The van der Waals surface area contributed by atoms with E-state index < -0.39 is 10.8 Å². The largest absolute Gasteiger partial charge is 0.290 e. The van der Waals surface area contributed by atoms with Gasteiger partial charge in [0.1, 0.15) is 0 Å². The van der Waals surface area contributed by atoms with Gasteiger partial charge in [-0.2, -0.15) is 0 Å². The number of anilines is 1. The number of nitro benzene ring substituents is 1. The molecule has 1 amide bonds. The van der Waals surface area contributed by atoms with Crippen LogP contribution in [0.4, 0.5) is 11.6 Å². The number of benzene rings is 1. The molecule has 1 N–H and O–H groups in total. The van der Waals surface area contributed by atoms with Crippen LogP contribution < -0.4 is 5.32 Å². The first kappa shape index (κ1) is 14.5. The molecular formula is C13H13N5O3S. The highest BCUT2D eigenvalue weighted by atomic mass is 32.2. The average molecular weight is 319 g/mol. The van der Waals surface area contributed by atoms with Crippen LogP contribution in [0.2, 0.25) is 0 Å². The molecule has 3 rings (SSSR count). The topological polar surface area (TPSA) is 103 Å². The maximum Gasteiger partial charge on any atom is 0.273 e. The maximum absolute atomic E-state index is 12.4. The smallest absolute Gasteiger partial charge is 0.273 e. The van der Waals surface area contributed by atoms with Gasteiger partial charge >= 0.3 is 0 Å². The summed E-state index contributed by atoms with van der Waals surface area (Å²) in [6.07, 6.45) is 0.981. The number of hydrogen-bond acceptors (Lipinski definition) is 6. The van der Waals surface area contributed by atoms with E-state index in [2.05, 4.69) is 15.5 Å². The Kier molecular flexibility index (Phi) is 3.80. The fourth-order valence-corrected chi connectivity index (χ4v) is 3.20. The molecule has 0 spiro atoms. The Labute approximate surface area is 130 Å². The molecule has 1 aliphatic rings. The van der Waals surface area contributed by atoms with E-state index in [9.17, 15) is 14.9 Å². The molecule has 0 radical (unpaired) electrons. The number of hydrogen-bond donors (Lipinski definition) is 1. The summed E-state index contributed by atoms with van der Waals surface area (Å²) < 4.78 is 1.85. The molecule has 9 heteroatoms. The first-order valence-electron chi connectivity index (χ1n) is 6.69. The summed E-state index contributed by atoms with van der Waals surface area (Å²) in [5.41, 5.74) is 0.513. The first-order valence-corrected chi connectivity index (χ1v) is 7.68. The Morgan fingerprint density at radius 1 is 1.45 bits per heavy atom. The van der Waals surface area contributed by atoms with Gasteiger partial charge in [0.15, 0.2) is 5.16 Å². The van der Waals surface area contributed by atoms with E-state index >= 15 is 0 Å². The van der Waals surface area contributed by atoms with E-state index in [-0.39, 0.29) is 11.3 Å². The van der Waals surface area contributed by atoms with Crippen LogP contribution in [0.3, 0.4) is 0 Å². The molecule has 2 heterocycles. The van der Waals surface area contributed by atoms with Gasteiger partial charge in [0.2, 0.25) is 5.95 Å². The second-order valence-corrected chi connectivity index (χ2v) is 5.88. The lowest BCUT2D eigenvalue weighted by molar-refractivity contribution is -0.385. The van der Waals surface area contributed by atoms with E-state index in [4.69, 9.17) is 0 Å². The van der Waals surface area contributed by atoms with E-state index in [1.807, 2.05) is 4.57 Å². The molecule has 22 heavy (non-hydrogen) atoms. The van der Waals surface area contributed by atoms with Crippen molar-refractivity contribution in [3.05, 3.63) is 39.4 Å². The molecule has 0 saturated carbocycles. The fourth-order valence-electron chi connectivity index (χ4n) is 2.31. The van der Waals surface area contributed by atoms with Gasteiger partial charge in [-0.3, -0.25) is 24.8 Å². The van der Waals surface area contributed by atoms with Crippen LogP contribution in [0.1, 0.15) is 22.3 Å². The second kappa shape index (κ2) is 5.76. The number of thioether (sulfide) groups is 1. The van der Waals surface area contributed by atoms with Gasteiger partial charge in [0, 0.05) is 29.5 Å². The molecular weight excluding hydrogens is 306 g/mol. The van der Waals surface area contributed by atoms with Crippen molar-refractivity contribution < 1.29 is 9.72 Å². The molecule has 1 aromatic carbocycles. The Bertz CT molecular complexity index is 758. The summed E-state index contributed by atoms with van der Waals surface area (Å²) in [4.78, 5) is 22.8. The van der Waals surface area contributed by atoms with Crippen LogP contribution in [-0.4, -0.2) is 31.3 Å². The molecule has 0 unspecified atom stereocenters. The number of amides is 1. The molecule has 0 aliphatic carbocycles. The molecule has 0 atom stereocenters. The van der Waals surface area contributed by atoms with Crippen molar-refractivity contribution in [2.24, 2.45) is 0 Å². The van der Waals surface area contributed by atoms with Gasteiger partial charge in [-0.25, -0.2) is 0 Å². The predicted molar refractivity (Wildman–Crippen MR) is 81.1 cm³/mol. The van der Waals surface area contributed by atoms with Gasteiger partial charge in [-0.15, -0.1) is 10.2 Å². The third kappa shape index (κ3) is 2.54. The molecule has 8 nitrogen and oxygen atoms in total. The van der Waals surface area contributed by atoms with Crippen LogP contribution in [0, 0.1) is 17.0 Å². The van der Waals surface area contributed by atoms with Gasteiger partial charge in [-0.05, 0) is 19.4 Å². The van der Waals surface area contributed by atoms with Gasteiger partial charge in [0.25, 0.3) is 11.6 Å². The maximum atomic E-state index is 12.4. The van der Waals surface area contributed by atoms with Gasteiger partial charge < -0.3 is 0 Å². The number of aromatic nitrogens is 3. The Morgan fingerprint density at radius 3 is 3.05 bits per heavy atom. The third-order valence-corrected chi connectivity index (χ3v) is 4.50. The quantitative estimate of drug-likeness (QED) is 0.687. The zero-order valence-corrected chi connectivity index (χ0v) is 12.6. The summed E-state index contributed by atoms with van der Waals surface area (Å²) >= 11 is 1.59. The zero-order chi connectivity index (χ0) is 15.7. The van der Waals surface area contributed by atoms with Crippen molar-refractivity contribution in [2.75, 3.05) is 11.1 Å². The summed E-state index contributed by atoms with van der Waals surface area (Å²) in [5, 5.41) is 22.4. The lowest BCUT2D eigenvalue weighted by atomic mass is 10.1. The van der Waals surface area contributed by atoms with E-state index in [0.717, 1.165) is 23.9 Å². The van der Waals surface area contributed by atoms with Crippen LogP contribution in [0.25, 0.3) is 0 Å². The lowest BCUT2D eigenvalue weighted by Crippen LogP contribution is -2.19. The summed E-state index contributed by atoms with van der Waals surface area (Å²) in [7, 11) is 0. The standard InChI is InChI=1S/C13H13N5O3S/c1-8-9(4-2-5-10(8)18(20)21)11(19)14-12-15-16-13-17(12)6-3-7-22-13/h2,4-5H,3,6-7H2,1H3,(H,14,15,19). The zero-order valence-electron chi connectivity index (χ0n) is 11.8. The third-order valence-electron chi connectivity index (χ3n) is 3.45. The summed E-state index contributed by atoms with van der Waals surface area (Å²) in [6, 6.07) is 4.43. The predicted octanol–water partition coefficient (Wildman–Crippen LogP) is 2.24. The first-order chi connectivity index (χ1) is 10.6. The molecule has 2 aromatic rings. The summed E-state index contributed by atoms with van der Waals surface area (Å²) in [6.45, 7) is 2.31. The minimum atomic E-state index is -0.498. The minimum absolute atomic E-state index is 0.0773. The second-order valence-electron chi connectivity index (χ2n) is 4.82. The normalized spacial score (nSPS) is 13.5. The minimum Gasteiger partial charge on any atom is -0.290 e. The molecule has 0 bridgehead atoms. The molecule has 1 aromatic heterocycles. The number of fused-ring (bicyclic) bond motifs is 1. The number of carbonyl (C=O) groups is 1. The van der Waals surface area contributed by atoms with Gasteiger partial charge in [-0.1, -0.05) is 17.8 Å². The number of nitrogens with zero attached hydrogens (tertiary/aromatic N) is 4. The number of nitrogens with one attached hydrogen (secondary N) is 1. The lowest BCUT2D eigenvalue weighted by Gasteiger charge is -2.14. The highest BCUT2D eigenvalue weighted by Crippen LogP contribution is 2.26. The highest BCUT2D eigenvalue weighted by molar-refractivity contribution is 7.99. The van der Waals surface area contributed by atoms with E-state index in [1.165, 1.54) is 12.1 Å². The van der Waals surface area contributed by atoms with Crippen LogP contribution >= 0.6 is 11.8 Å². The number of nitro groups is 1. The van der Waals surface area contributed by atoms with Crippen molar-refractivity contribution in [1.82, 2.24) is 14.8 Å². The monoisotopic (exact) mass is 319 g/mol. The van der Waals surface area contributed by atoms with E-state index in [0.29, 0.717) is 11.5 Å². The van der Waals surface area contributed by atoms with Crippen LogP contribution in [-0.2, 0) is 6.54 Å². The van der Waals surface area contributed by atoms with Gasteiger partial charge in [0.05, 0.1) is 4.92 Å². The SMILES string of the molecule is Cc1c(C(=O)Nc2nnc3n2CCCS3)cccc1[N+](=O)[O-]. The number of rotatable bonds is 3. The molecule has 114 valence electrons. The molecule has 1 aliphatic heterocycles.